The molecule has 11 nitrogen and oxygen atoms in total. The van der Waals surface area contributed by atoms with Crippen molar-refractivity contribution in [2.24, 2.45) is 0 Å². The second-order valence-electron chi connectivity index (χ2n) is 13.5. The lowest BCUT2D eigenvalue weighted by molar-refractivity contribution is -0.140. The van der Waals surface area contributed by atoms with E-state index in [2.05, 4.69) is 9.71 Å². The van der Waals surface area contributed by atoms with Gasteiger partial charge < -0.3 is 14.5 Å². The number of ether oxygens (including phenoxy) is 1. The Balaban J connectivity index is 1.44. The van der Waals surface area contributed by atoms with Gasteiger partial charge in [0.2, 0.25) is 15.9 Å². The van der Waals surface area contributed by atoms with Crippen LogP contribution in [0.15, 0.2) is 112 Å². The molecule has 0 saturated carbocycles. The van der Waals surface area contributed by atoms with Gasteiger partial charge in [0.15, 0.2) is 0 Å². The monoisotopic (exact) mass is 836 g/mol. The number of carbonyl (C=O) groups excluding carboxylic acids is 1. The molecule has 1 atom stereocenters. The molecule has 0 spiro atoms. The fourth-order valence-electron chi connectivity index (χ4n) is 6.35. The zero-order chi connectivity index (χ0) is 41.6. The number of carbonyl (C=O) groups is 1. The van der Waals surface area contributed by atoms with Crippen molar-refractivity contribution in [1.82, 2.24) is 29.1 Å². The van der Waals surface area contributed by atoms with Gasteiger partial charge in [-0.1, -0.05) is 24.3 Å². The normalized spacial score (nSPS) is 12.6. The van der Waals surface area contributed by atoms with Crippen molar-refractivity contribution in [2.75, 3.05) is 40.3 Å². The lowest BCUT2D eigenvalue weighted by Gasteiger charge is -2.34. The van der Waals surface area contributed by atoms with Gasteiger partial charge in [-0.15, -0.1) is 11.3 Å². The Kier molecular flexibility index (Phi) is 13.1. The first-order chi connectivity index (χ1) is 27.7. The molecule has 3 aromatic heterocycles. The summed E-state index contributed by atoms with van der Waals surface area (Å²) in [5.74, 6) is -1.49. The fraction of sp³-hybridized carbons (Fsp3) is 0.268. The minimum absolute atomic E-state index is 0.0124. The highest BCUT2D eigenvalue weighted by Crippen LogP contribution is 2.33. The van der Waals surface area contributed by atoms with Crippen molar-refractivity contribution in [3.05, 3.63) is 136 Å². The average molecular weight is 837 g/mol. The van der Waals surface area contributed by atoms with Crippen molar-refractivity contribution < 1.29 is 35.5 Å². The Labute approximate surface area is 336 Å². The fourth-order valence-corrected chi connectivity index (χ4v) is 8.73. The summed E-state index contributed by atoms with van der Waals surface area (Å²) < 4.78 is 91.9. The zero-order valence-corrected chi connectivity index (χ0v) is 33.4. The third-order valence-electron chi connectivity index (χ3n) is 9.16. The van der Waals surface area contributed by atoms with Gasteiger partial charge in [0.25, 0.3) is 5.56 Å². The van der Waals surface area contributed by atoms with Crippen molar-refractivity contribution in [3.63, 3.8) is 0 Å². The minimum Gasteiger partial charge on any atom is -0.494 e. The van der Waals surface area contributed by atoms with Crippen LogP contribution < -0.4 is 15.0 Å². The van der Waals surface area contributed by atoms with Gasteiger partial charge in [0.05, 0.1) is 51.8 Å². The Morgan fingerprint density at radius 3 is 2.38 bits per heavy atom. The molecular weight excluding hydrogens is 797 g/mol. The largest absolute Gasteiger partial charge is 0.494 e. The molecule has 1 N–H and O–H groups in total. The Bertz CT molecular complexity index is 2550. The third kappa shape index (κ3) is 9.78. The summed E-state index contributed by atoms with van der Waals surface area (Å²) in [6.07, 6.45) is -3.93. The van der Waals surface area contributed by atoms with Gasteiger partial charge >= 0.3 is 6.18 Å². The SMILES string of the molecule is CCOc1ccc(-n2c(C(CCNS(=O)(=O)c3ccc(-c4ccccn4)s3)N(CCN(C)C)C(=O)Cc3ccc(C(F)(F)F)c(F)c3)nc3ccccc3c2=O)cc1. The van der Waals surface area contributed by atoms with E-state index in [0.717, 1.165) is 17.4 Å². The summed E-state index contributed by atoms with van der Waals surface area (Å²) in [5, 5.41) is 0.285. The van der Waals surface area contributed by atoms with Crippen molar-refractivity contribution in [2.45, 2.75) is 36.2 Å². The first-order valence-corrected chi connectivity index (χ1v) is 20.5. The van der Waals surface area contributed by atoms with E-state index >= 15 is 0 Å². The van der Waals surface area contributed by atoms with Gasteiger partial charge in [-0.25, -0.2) is 22.5 Å². The van der Waals surface area contributed by atoms with E-state index in [0.29, 0.717) is 52.8 Å². The number of benzene rings is 3. The van der Waals surface area contributed by atoms with Crippen LogP contribution in [0.3, 0.4) is 0 Å². The predicted molar refractivity (Wildman–Crippen MR) is 214 cm³/mol. The topological polar surface area (TPSA) is 127 Å². The van der Waals surface area contributed by atoms with Crippen LogP contribution in [0, 0.1) is 5.82 Å². The van der Waals surface area contributed by atoms with Gasteiger partial charge in [-0.2, -0.15) is 13.2 Å². The summed E-state index contributed by atoms with van der Waals surface area (Å²) in [5.41, 5.74) is -0.622. The predicted octanol–water partition coefficient (Wildman–Crippen LogP) is 7.11. The molecule has 0 aliphatic carbocycles. The molecule has 0 saturated heterocycles. The summed E-state index contributed by atoms with van der Waals surface area (Å²) >= 11 is 1.03. The Morgan fingerprint density at radius 2 is 1.71 bits per heavy atom. The smallest absolute Gasteiger partial charge is 0.419 e. The first-order valence-electron chi connectivity index (χ1n) is 18.2. The number of hydrogen-bond donors (Lipinski definition) is 1. The molecule has 0 aliphatic heterocycles. The second-order valence-corrected chi connectivity index (χ2v) is 16.5. The number of aromatic nitrogens is 3. The molecule has 0 aliphatic rings. The number of likely N-dealkylation sites (N-methyl/N-ethyl adjacent to an activating group) is 1. The molecule has 3 aromatic carbocycles. The summed E-state index contributed by atoms with van der Waals surface area (Å²) in [7, 11) is -0.531. The van der Waals surface area contributed by atoms with E-state index < -0.39 is 51.5 Å². The highest BCUT2D eigenvalue weighted by atomic mass is 32.2. The molecular formula is C41H40F4N6O5S2. The second kappa shape index (κ2) is 18.0. The molecule has 17 heteroatoms. The Hall–Kier alpha value is -5.49. The summed E-state index contributed by atoms with van der Waals surface area (Å²) in [4.78, 5) is 42.0. The van der Waals surface area contributed by atoms with Gasteiger partial charge in [-0.05, 0) is 106 Å². The number of sulfonamides is 1. The highest BCUT2D eigenvalue weighted by molar-refractivity contribution is 7.91. The molecule has 58 heavy (non-hydrogen) atoms. The van der Waals surface area contributed by atoms with Crippen LogP contribution in [-0.2, 0) is 27.4 Å². The lowest BCUT2D eigenvalue weighted by atomic mass is 10.0. The van der Waals surface area contributed by atoms with Crippen LogP contribution in [0.25, 0.3) is 27.2 Å². The number of rotatable bonds is 16. The number of amides is 1. The number of hydrogen-bond acceptors (Lipinski definition) is 9. The number of para-hydroxylation sites is 1. The number of nitrogens with one attached hydrogen (secondary N) is 1. The highest BCUT2D eigenvalue weighted by Gasteiger charge is 2.35. The number of halogens is 4. The van der Waals surface area contributed by atoms with E-state index in [1.54, 1.807) is 98.0 Å². The molecule has 1 unspecified atom stereocenters. The van der Waals surface area contributed by atoms with Crippen molar-refractivity contribution in [3.8, 4) is 22.0 Å². The van der Waals surface area contributed by atoms with E-state index in [-0.39, 0.29) is 40.5 Å². The van der Waals surface area contributed by atoms with Crippen LogP contribution in [0.5, 0.6) is 5.75 Å². The van der Waals surface area contributed by atoms with Gasteiger partial charge in [-0.3, -0.25) is 19.1 Å². The number of nitrogens with zero attached hydrogens (tertiary/aromatic N) is 5. The standard InChI is InChI=1S/C41H40F4N6O5S2/c1-4-56-29-15-13-28(14-16-29)51-39(48-33-10-6-5-9-30(33)40(51)53)35(20-22-47-58(54,55)38-19-18-36(57-38)34-11-7-8-21-46-34)50(24-23-49(2)3)37(52)26-27-12-17-31(32(42)25-27)41(43,44)45/h5-19,21,25,35,47H,4,20,22-24,26H2,1-3H3. The number of pyridine rings is 1. The maximum Gasteiger partial charge on any atom is 0.419 e. The van der Waals surface area contributed by atoms with E-state index in [1.165, 1.54) is 15.5 Å². The van der Waals surface area contributed by atoms with Gasteiger partial charge in [0, 0.05) is 25.8 Å². The molecule has 304 valence electrons. The maximum atomic E-state index is 14.7. The quantitative estimate of drug-likeness (QED) is 0.102. The van der Waals surface area contributed by atoms with Crippen molar-refractivity contribution >= 4 is 38.2 Å². The first kappa shape index (κ1) is 42.1. The summed E-state index contributed by atoms with van der Waals surface area (Å²) in [6, 6.07) is 23.0. The molecule has 1 amide bonds. The molecule has 0 radical (unpaired) electrons. The number of thiophene rings is 1. The lowest BCUT2D eigenvalue weighted by Crippen LogP contribution is -2.43. The van der Waals surface area contributed by atoms with E-state index in [1.807, 2.05) is 6.92 Å². The molecule has 0 bridgehead atoms. The zero-order valence-electron chi connectivity index (χ0n) is 31.7. The maximum absolute atomic E-state index is 14.7. The van der Waals surface area contributed by atoms with Crippen LogP contribution in [-0.4, -0.2) is 79.0 Å². The summed E-state index contributed by atoms with van der Waals surface area (Å²) in [6.45, 7) is 2.33. The molecule has 6 aromatic rings. The number of fused-ring (bicyclic) bond motifs is 1. The van der Waals surface area contributed by atoms with Crippen LogP contribution in [0.4, 0.5) is 17.6 Å². The van der Waals surface area contributed by atoms with E-state index in [4.69, 9.17) is 9.72 Å². The Morgan fingerprint density at radius 1 is 0.966 bits per heavy atom. The van der Waals surface area contributed by atoms with Crippen molar-refractivity contribution in [1.29, 1.82) is 0 Å². The number of alkyl halides is 3. The molecule has 0 fully saturated rings. The average Bonchev–Trinajstić information content (AvgIpc) is 3.70. The van der Waals surface area contributed by atoms with Crippen LogP contribution in [0.1, 0.15) is 36.3 Å². The van der Waals surface area contributed by atoms with Crippen LogP contribution >= 0.6 is 11.3 Å². The third-order valence-corrected chi connectivity index (χ3v) is 12.2. The van der Waals surface area contributed by atoms with Crippen LogP contribution in [0.2, 0.25) is 0 Å². The minimum atomic E-state index is -4.93. The molecule has 6 rings (SSSR count). The molecule has 3 heterocycles. The van der Waals surface area contributed by atoms with E-state index in [9.17, 15) is 35.6 Å². The van der Waals surface area contributed by atoms with Gasteiger partial charge in [0.1, 0.15) is 21.6 Å².